The number of aromatic nitrogens is 1. The summed E-state index contributed by atoms with van der Waals surface area (Å²) in [5.41, 5.74) is 1.45. The third kappa shape index (κ3) is 2.76. The van der Waals surface area contributed by atoms with Crippen LogP contribution in [0.5, 0.6) is 5.75 Å². The summed E-state index contributed by atoms with van der Waals surface area (Å²) >= 11 is 0. The summed E-state index contributed by atoms with van der Waals surface area (Å²) in [6.07, 6.45) is 5.73. The van der Waals surface area contributed by atoms with E-state index in [-0.39, 0.29) is 17.9 Å². The first-order valence-electron chi connectivity index (χ1n) is 10.8. The SMILES string of the molecule is COc1cccc(CN2C[C@]34C=C[C@H](O3)[C@H](C(=O)N3CCn5cccc5C3)[C@H]4C2=O)c1. The predicted octanol–water partition coefficient (Wildman–Crippen LogP) is 1.82. The first-order valence-corrected chi connectivity index (χ1v) is 10.8. The average molecular weight is 419 g/mol. The van der Waals surface area contributed by atoms with Crippen molar-refractivity contribution in [2.75, 3.05) is 20.2 Å². The Balaban J connectivity index is 1.24. The van der Waals surface area contributed by atoms with Crippen LogP contribution >= 0.6 is 0 Å². The summed E-state index contributed by atoms with van der Waals surface area (Å²) in [5, 5.41) is 0. The minimum Gasteiger partial charge on any atom is -0.497 e. The first-order chi connectivity index (χ1) is 15.1. The van der Waals surface area contributed by atoms with Gasteiger partial charge in [0, 0.05) is 31.5 Å². The smallest absolute Gasteiger partial charge is 0.230 e. The molecule has 2 bridgehead atoms. The Hall–Kier alpha value is -3.06. The Kier molecular flexibility index (Phi) is 4.05. The molecule has 0 aliphatic carbocycles. The Morgan fingerprint density at radius 2 is 2.16 bits per heavy atom. The number of likely N-dealkylation sites (tertiary alicyclic amines) is 1. The molecule has 0 unspecified atom stereocenters. The van der Waals surface area contributed by atoms with Gasteiger partial charge in [-0.25, -0.2) is 0 Å². The van der Waals surface area contributed by atoms with E-state index < -0.39 is 17.4 Å². The second-order valence-electron chi connectivity index (χ2n) is 8.90. The average Bonchev–Trinajstić information content (AvgIpc) is 3.54. The number of carbonyl (C=O) groups is 2. The third-order valence-electron chi connectivity index (χ3n) is 7.17. The fourth-order valence-electron chi connectivity index (χ4n) is 5.70. The van der Waals surface area contributed by atoms with Crippen molar-refractivity contribution in [2.24, 2.45) is 11.8 Å². The molecule has 4 aliphatic rings. The lowest BCUT2D eigenvalue weighted by Crippen LogP contribution is -2.48. The molecule has 0 N–H and O–H groups in total. The van der Waals surface area contributed by atoms with Crippen LogP contribution < -0.4 is 4.74 Å². The lowest BCUT2D eigenvalue weighted by molar-refractivity contribution is -0.144. The number of rotatable bonds is 4. The molecule has 2 fully saturated rings. The molecule has 0 radical (unpaired) electrons. The van der Waals surface area contributed by atoms with E-state index in [0.29, 0.717) is 26.2 Å². The highest BCUT2D eigenvalue weighted by Crippen LogP contribution is 2.52. The zero-order valence-electron chi connectivity index (χ0n) is 17.4. The Labute approximate surface area is 180 Å². The van der Waals surface area contributed by atoms with Crippen molar-refractivity contribution in [2.45, 2.75) is 31.3 Å². The van der Waals surface area contributed by atoms with E-state index in [1.807, 2.05) is 58.5 Å². The molecule has 1 aromatic carbocycles. The monoisotopic (exact) mass is 419 g/mol. The van der Waals surface area contributed by atoms with E-state index in [0.717, 1.165) is 23.6 Å². The van der Waals surface area contributed by atoms with E-state index in [1.165, 1.54) is 0 Å². The van der Waals surface area contributed by atoms with Crippen LogP contribution in [-0.4, -0.2) is 58.1 Å². The minimum atomic E-state index is -0.684. The lowest BCUT2D eigenvalue weighted by atomic mass is 9.76. The van der Waals surface area contributed by atoms with E-state index in [1.54, 1.807) is 7.11 Å². The van der Waals surface area contributed by atoms with Crippen molar-refractivity contribution in [1.82, 2.24) is 14.4 Å². The predicted molar refractivity (Wildman–Crippen MR) is 112 cm³/mol. The number of nitrogens with zero attached hydrogens (tertiary/aromatic N) is 3. The molecular formula is C24H25N3O4. The van der Waals surface area contributed by atoms with Crippen LogP contribution in [0.3, 0.4) is 0 Å². The molecule has 1 spiro atoms. The van der Waals surface area contributed by atoms with E-state index in [9.17, 15) is 9.59 Å². The molecular weight excluding hydrogens is 394 g/mol. The van der Waals surface area contributed by atoms with Crippen LogP contribution in [0.4, 0.5) is 0 Å². The number of methoxy groups -OCH3 is 1. The minimum absolute atomic E-state index is 0.00778. The summed E-state index contributed by atoms with van der Waals surface area (Å²) in [4.78, 5) is 30.8. The standard InChI is InChI=1S/C24H25N3O4/c1-30-18-6-2-4-16(12-18)13-27-15-24-8-7-19(31-24)20(21(24)23(27)29)22(28)26-11-10-25-9-3-5-17(25)14-26/h2-9,12,19-21H,10-11,13-15H2,1H3/t19-,20-,21-,24-/m0/s1. The molecule has 5 heterocycles. The van der Waals surface area contributed by atoms with E-state index >= 15 is 0 Å². The number of amides is 2. The quantitative estimate of drug-likeness (QED) is 0.710. The van der Waals surface area contributed by atoms with Crippen LogP contribution in [-0.2, 0) is 34.0 Å². The molecule has 1 aromatic heterocycles. The molecule has 31 heavy (non-hydrogen) atoms. The van der Waals surface area contributed by atoms with Crippen molar-refractivity contribution in [3.63, 3.8) is 0 Å². The highest BCUT2D eigenvalue weighted by molar-refractivity contribution is 5.93. The summed E-state index contributed by atoms with van der Waals surface area (Å²) in [7, 11) is 1.63. The Morgan fingerprint density at radius 3 is 3.03 bits per heavy atom. The first kappa shape index (κ1) is 18.7. The molecule has 0 saturated carbocycles. The molecule has 7 nitrogen and oxygen atoms in total. The molecule has 2 amide bonds. The summed E-state index contributed by atoms with van der Waals surface area (Å²) in [5.74, 6) is -0.0928. The van der Waals surface area contributed by atoms with Gasteiger partial charge in [-0.3, -0.25) is 9.59 Å². The number of carbonyl (C=O) groups excluding carboxylic acids is 2. The molecule has 6 rings (SSSR count). The maximum absolute atomic E-state index is 13.6. The van der Waals surface area contributed by atoms with Gasteiger partial charge in [-0.2, -0.15) is 0 Å². The van der Waals surface area contributed by atoms with Crippen LogP contribution in [0.15, 0.2) is 54.7 Å². The van der Waals surface area contributed by atoms with Gasteiger partial charge in [-0.05, 0) is 29.8 Å². The summed E-state index contributed by atoms with van der Waals surface area (Å²) in [6, 6.07) is 11.8. The van der Waals surface area contributed by atoms with Gasteiger partial charge in [0.1, 0.15) is 11.4 Å². The molecule has 2 saturated heterocycles. The zero-order valence-corrected chi connectivity index (χ0v) is 17.4. The van der Waals surface area contributed by atoms with Gasteiger partial charge in [0.2, 0.25) is 11.8 Å². The van der Waals surface area contributed by atoms with Gasteiger partial charge >= 0.3 is 0 Å². The normalized spacial score (nSPS) is 30.6. The van der Waals surface area contributed by atoms with Crippen LogP contribution in [0.1, 0.15) is 11.3 Å². The summed E-state index contributed by atoms with van der Waals surface area (Å²) in [6.45, 7) is 2.99. The highest BCUT2D eigenvalue weighted by Gasteiger charge is 2.67. The molecule has 4 aliphatic heterocycles. The third-order valence-corrected chi connectivity index (χ3v) is 7.17. The number of fused-ring (bicyclic) bond motifs is 2. The van der Waals surface area contributed by atoms with Crippen LogP contribution in [0, 0.1) is 11.8 Å². The van der Waals surface area contributed by atoms with Crippen LogP contribution in [0.2, 0.25) is 0 Å². The van der Waals surface area contributed by atoms with Crippen molar-refractivity contribution >= 4 is 11.8 Å². The number of hydrogen-bond acceptors (Lipinski definition) is 4. The second-order valence-corrected chi connectivity index (χ2v) is 8.90. The summed E-state index contributed by atoms with van der Waals surface area (Å²) < 4.78 is 13.8. The van der Waals surface area contributed by atoms with Gasteiger partial charge in [0.15, 0.2) is 0 Å². The van der Waals surface area contributed by atoms with Crippen molar-refractivity contribution in [3.05, 3.63) is 66.0 Å². The van der Waals surface area contributed by atoms with Crippen LogP contribution in [0.25, 0.3) is 0 Å². The van der Waals surface area contributed by atoms with Gasteiger partial charge in [-0.1, -0.05) is 24.3 Å². The molecule has 160 valence electrons. The van der Waals surface area contributed by atoms with Crippen molar-refractivity contribution in [3.8, 4) is 5.75 Å². The highest BCUT2D eigenvalue weighted by atomic mass is 16.5. The Bertz CT molecular complexity index is 1090. The number of ether oxygens (including phenoxy) is 2. The van der Waals surface area contributed by atoms with Crippen molar-refractivity contribution < 1.29 is 19.1 Å². The topological polar surface area (TPSA) is 64.0 Å². The molecule has 4 atom stereocenters. The van der Waals surface area contributed by atoms with Crippen molar-refractivity contribution in [1.29, 1.82) is 0 Å². The van der Waals surface area contributed by atoms with Gasteiger partial charge in [0.05, 0.1) is 38.1 Å². The molecule has 2 aromatic rings. The maximum Gasteiger partial charge on any atom is 0.230 e. The fraction of sp³-hybridized carbons (Fsp3) is 0.417. The van der Waals surface area contributed by atoms with E-state index in [2.05, 4.69) is 10.6 Å². The zero-order chi connectivity index (χ0) is 21.2. The van der Waals surface area contributed by atoms with Gasteiger partial charge in [0.25, 0.3) is 0 Å². The second kappa shape index (κ2) is 6.72. The van der Waals surface area contributed by atoms with E-state index in [4.69, 9.17) is 9.47 Å². The number of benzene rings is 1. The van der Waals surface area contributed by atoms with Gasteiger partial charge in [-0.15, -0.1) is 0 Å². The lowest BCUT2D eigenvalue weighted by Gasteiger charge is -2.33. The van der Waals surface area contributed by atoms with Gasteiger partial charge < -0.3 is 23.8 Å². The largest absolute Gasteiger partial charge is 0.497 e. The Morgan fingerprint density at radius 1 is 1.26 bits per heavy atom. The maximum atomic E-state index is 13.6. The number of hydrogen-bond donors (Lipinski definition) is 0. The molecule has 7 heteroatoms. The fourth-order valence-corrected chi connectivity index (χ4v) is 5.70.